The molecule has 0 radical (unpaired) electrons. The minimum Gasteiger partial charge on any atom is -0.387 e. The molecule has 5 rings (SSSR count). The number of ether oxygens (including phenoxy) is 5. The maximum atomic E-state index is 14.6. The molecule has 0 aromatic heterocycles. The van der Waals surface area contributed by atoms with Crippen molar-refractivity contribution < 1.29 is 38.4 Å². The summed E-state index contributed by atoms with van der Waals surface area (Å²) in [5, 5.41) is 11.0. The van der Waals surface area contributed by atoms with Gasteiger partial charge in [0.15, 0.2) is 11.6 Å². The molecule has 4 fully saturated rings. The lowest BCUT2D eigenvalue weighted by Gasteiger charge is -2.53. The number of hydrogen-bond donors (Lipinski definition) is 1. The fourth-order valence-electron chi connectivity index (χ4n) is 10.9. The quantitative estimate of drug-likeness (QED) is 0.199. The first kappa shape index (κ1) is 42.0. The Balaban J connectivity index is 1.29. The van der Waals surface area contributed by atoms with Crippen molar-refractivity contribution in [1.82, 2.24) is 0 Å². The van der Waals surface area contributed by atoms with Crippen LogP contribution < -0.4 is 0 Å². The minimum absolute atomic E-state index is 0.0144. The molecule has 0 amide bonds. The zero-order valence-electron chi connectivity index (χ0n) is 34.7. The largest absolute Gasteiger partial charge is 0.387 e. The smallest absolute Gasteiger partial charge is 0.193 e. The van der Waals surface area contributed by atoms with Gasteiger partial charge in [-0.1, -0.05) is 68.4 Å². The molecule has 2 spiro atoms. The van der Waals surface area contributed by atoms with Crippen LogP contribution >= 0.6 is 0 Å². The van der Waals surface area contributed by atoms with Gasteiger partial charge in [0, 0.05) is 36.5 Å². The van der Waals surface area contributed by atoms with E-state index in [1.165, 1.54) is 0 Å². The summed E-state index contributed by atoms with van der Waals surface area (Å²) >= 11 is 0. The summed E-state index contributed by atoms with van der Waals surface area (Å²) in [5.74, 6) is -0.925. The number of carbonyl (C=O) groups excluding carboxylic acids is 2. The molecule has 52 heavy (non-hydrogen) atoms. The third kappa shape index (κ3) is 7.91. The molecular formula is C44H74O8. The average Bonchev–Trinajstić information content (AvgIpc) is 3.43. The lowest BCUT2D eigenvalue weighted by molar-refractivity contribution is -0.393. The molecule has 0 aromatic carbocycles. The highest BCUT2D eigenvalue weighted by Gasteiger charge is 2.60. The van der Waals surface area contributed by atoms with Gasteiger partial charge in [0.1, 0.15) is 11.6 Å². The standard InChI is InChI=1S/C44H74O8/c1-13-34(32(10)45)36-18-17-26(4)39(49-36)31(9)29(7)30(8)38(46)35(14-2)40-27(5)25-28(6)44(50-40)21-16-20-43(52-44)24-23-41(12,51-43)37-19-22-42(47,15-3)33(11)48-37/h16,21,26-31,33-37,39-40,47H,13-15,17-20,22-25H2,1-12H3/t26-,27-,28+,29+,30-,31-,33-,34?,35-,36+,37+,39?,40-,41-,42+,43+,44-/m0/s1. The summed E-state index contributed by atoms with van der Waals surface area (Å²) in [6.45, 7) is 25.2. The molecule has 4 saturated heterocycles. The fraction of sp³-hybridized carbons (Fsp3) is 0.909. The number of Topliss-reactive ketones (excluding diaryl/α,β-unsaturated/α-hetero) is 2. The van der Waals surface area contributed by atoms with Crippen molar-refractivity contribution in [3.63, 3.8) is 0 Å². The fourth-order valence-corrected chi connectivity index (χ4v) is 10.9. The molecule has 17 atom stereocenters. The summed E-state index contributed by atoms with van der Waals surface area (Å²) in [7, 11) is 0. The lowest BCUT2D eigenvalue weighted by atomic mass is 9.70. The highest BCUT2D eigenvalue weighted by molar-refractivity contribution is 5.84. The first-order valence-corrected chi connectivity index (χ1v) is 21.2. The predicted octanol–water partition coefficient (Wildman–Crippen LogP) is 9.00. The van der Waals surface area contributed by atoms with Crippen LogP contribution in [0.2, 0.25) is 0 Å². The minimum atomic E-state index is -0.980. The highest BCUT2D eigenvalue weighted by atomic mass is 16.8. The maximum absolute atomic E-state index is 14.6. The molecule has 0 aromatic rings. The van der Waals surface area contributed by atoms with Crippen molar-refractivity contribution in [2.75, 3.05) is 0 Å². The van der Waals surface area contributed by atoms with Gasteiger partial charge in [0.05, 0.1) is 41.7 Å². The van der Waals surface area contributed by atoms with Gasteiger partial charge in [0.2, 0.25) is 0 Å². The first-order valence-electron chi connectivity index (χ1n) is 21.2. The number of carbonyl (C=O) groups is 2. The van der Waals surface area contributed by atoms with Crippen LogP contribution in [-0.2, 0) is 33.3 Å². The lowest BCUT2D eigenvalue weighted by Crippen LogP contribution is -2.60. The zero-order valence-corrected chi connectivity index (χ0v) is 34.7. The monoisotopic (exact) mass is 731 g/mol. The second kappa shape index (κ2) is 16.1. The van der Waals surface area contributed by atoms with Crippen LogP contribution in [0.3, 0.4) is 0 Å². The molecule has 5 aliphatic rings. The van der Waals surface area contributed by atoms with Gasteiger partial charge in [-0.25, -0.2) is 0 Å². The van der Waals surface area contributed by atoms with Crippen molar-refractivity contribution in [1.29, 1.82) is 0 Å². The van der Waals surface area contributed by atoms with Gasteiger partial charge in [-0.3, -0.25) is 9.59 Å². The zero-order chi connectivity index (χ0) is 38.4. The van der Waals surface area contributed by atoms with Crippen LogP contribution in [0.4, 0.5) is 0 Å². The summed E-state index contributed by atoms with van der Waals surface area (Å²) in [6, 6.07) is 0. The van der Waals surface area contributed by atoms with Crippen molar-refractivity contribution >= 4 is 11.6 Å². The molecule has 2 unspecified atom stereocenters. The van der Waals surface area contributed by atoms with Gasteiger partial charge >= 0.3 is 0 Å². The second-order valence-corrected chi connectivity index (χ2v) is 18.5. The summed E-state index contributed by atoms with van der Waals surface area (Å²) in [6.07, 6.45) is 12.2. The second-order valence-electron chi connectivity index (χ2n) is 18.5. The predicted molar refractivity (Wildman–Crippen MR) is 203 cm³/mol. The van der Waals surface area contributed by atoms with Crippen LogP contribution in [0.25, 0.3) is 0 Å². The molecule has 8 heteroatoms. The van der Waals surface area contributed by atoms with E-state index in [9.17, 15) is 14.7 Å². The first-order chi connectivity index (χ1) is 24.4. The van der Waals surface area contributed by atoms with Crippen molar-refractivity contribution in [2.45, 2.75) is 207 Å². The number of aliphatic hydroxyl groups is 1. The summed E-state index contributed by atoms with van der Waals surface area (Å²) in [5.41, 5.74) is -1.33. The molecule has 5 aliphatic heterocycles. The van der Waals surface area contributed by atoms with E-state index < -0.39 is 22.8 Å². The molecule has 5 heterocycles. The third-order valence-corrected chi connectivity index (χ3v) is 15.1. The summed E-state index contributed by atoms with van der Waals surface area (Å²) < 4.78 is 34.4. The van der Waals surface area contributed by atoms with E-state index in [-0.39, 0.29) is 83.5 Å². The number of rotatable bonds is 12. The summed E-state index contributed by atoms with van der Waals surface area (Å²) in [4.78, 5) is 27.0. The van der Waals surface area contributed by atoms with Crippen LogP contribution in [0, 0.1) is 47.3 Å². The van der Waals surface area contributed by atoms with Crippen molar-refractivity contribution in [3.8, 4) is 0 Å². The normalized spacial score (nSPS) is 45.4. The van der Waals surface area contributed by atoms with Crippen molar-refractivity contribution in [3.05, 3.63) is 12.2 Å². The Hall–Kier alpha value is -1.16. The molecule has 8 nitrogen and oxygen atoms in total. The Morgan fingerprint density at radius 1 is 0.865 bits per heavy atom. The van der Waals surface area contributed by atoms with E-state index >= 15 is 0 Å². The maximum Gasteiger partial charge on any atom is 0.193 e. The molecule has 1 N–H and O–H groups in total. The van der Waals surface area contributed by atoms with E-state index in [0.717, 1.165) is 44.9 Å². The Kier molecular flexibility index (Phi) is 13.0. The number of hydrogen-bond acceptors (Lipinski definition) is 8. The van der Waals surface area contributed by atoms with E-state index in [0.29, 0.717) is 31.6 Å². The van der Waals surface area contributed by atoms with Gasteiger partial charge in [-0.2, -0.15) is 0 Å². The highest BCUT2D eigenvalue weighted by Crippen LogP contribution is 2.54. The average molecular weight is 731 g/mol. The van der Waals surface area contributed by atoms with E-state index in [1.54, 1.807) is 6.92 Å². The molecule has 0 bridgehead atoms. The topological polar surface area (TPSA) is 101 Å². The van der Waals surface area contributed by atoms with Gasteiger partial charge in [0.25, 0.3) is 0 Å². The van der Waals surface area contributed by atoms with Gasteiger partial charge in [-0.15, -0.1) is 0 Å². The van der Waals surface area contributed by atoms with E-state index in [2.05, 4.69) is 74.5 Å². The SMILES string of the molecule is CCC(C(C)=O)[C@H]1CC[C@H](C)C([C@@H](C)[C@H](C)[C@H](C)C(=O)[C@H](CC)[C@H]2O[C@]3(C=CC[C@]4(CC[C@@](C)([C@H]5CC[C@](O)(CC)[C@H](C)O5)O4)O3)[C@H](C)C[C@@H]2C)O1. The Labute approximate surface area is 315 Å². The van der Waals surface area contributed by atoms with Crippen LogP contribution in [-0.4, -0.2) is 70.0 Å². The van der Waals surface area contributed by atoms with Gasteiger partial charge in [-0.05, 0) is 108 Å². The van der Waals surface area contributed by atoms with Crippen LogP contribution in [0.1, 0.15) is 154 Å². The van der Waals surface area contributed by atoms with Crippen molar-refractivity contribution in [2.24, 2.45) is 47.3 Å². The Morgan fingerprint density at radius 2 is 1.56 bits per heavy atom. The number of ketones is 2. The molecular weight excluding hydrogens is 656 g/mol. The van der Waals surface area contributed by atoms with Crippen LogP contribution in [0.5, 0.6) is 0 Å². The van der Waals surface area contributed by atoms with Gasteiger partial charge < -0.3 is 28.8 Å². The van der Waals surface area contributed by atoms with E-state index in [4.69, 9.17) is 23.7 Å². The Bertz CT molecular complexity index is 1280. The van der Waals surface area contributed by atoms with E-state index in [1.807, 2.05) is 13.8 Å². The molecule has 298 valence electrons. The third-order valence-electron chi connectivity index (χ3n) is 15.1. The van der Waals surface area contributed by atoms with Crippen LogP contribution in [0.15, 0.2) is 12.2 Å². The molecule has 0 aliphatic carbocycles. The Morgan fingerprint density at radius 3 is 2.17 bits per heavy atom. The molecule has 0 saturated carbocycles.